The molecule has 0 N–H and O–H groups in total. The second-order valence-corrected chi connectivity index (χ2v) is 6.16. The number of carbonyl (C=O) groups excluding carboxylic acids is 1. The van der Waals surface area contributed by atoms with E-state index in [1.165, 1.54) is 32.4 Å². The minimum absolute atomic E-state index is 0.230. The number of ketones is 1. The van der Waals surface area contributed by atoms with Crippen molar-refractivity contribution in [1.82, 2.24) is 0 Å². The number of ether oxygens (including phenoxy) is 2. The maximum Gasteiger partial charge on any atom is 0.276 e. The van der Waals surface area contributed by atoms with E-state index in [0.29, 0.717) is 35.5 Å². The number of nitrogens with zero attached hydrogens (tertiary/aromatic N) is 2. The molecule has 0 bridgehead atoms. The first-order valence-electron chi connectivity index (χ1n) is 8.28. The first-order valence-corrected chi connectivity index (χ1v) is 8.28. The van der Waals surface area contributed by atoms with E-state index in [0.717, 1.165) is 11.6 Å². The van der Waals surface area contributed by atoms with Gasteiger partial charge in [-0.15, -0.1) is 0 Å². The molecule has 0 radical (unpaired) electrons. The molecular weight excluding hydrogens is 368 g/mol. The number of allylic oxidation sites excluding steroid dienone is 1. The molecule has 1 aliphatic rings. The summed E-state index contributed by atoms with van der Waals surface area (Å²) < 4.78 is 10.5. The Balaban J connectivity index is 2.05. The van der Waals surface area contributed by atoms with Crippen molar-refractivity contribution < 1.29 is 24.1 Å². The molecule has 2 aromatic carbocycles. The maximum absolute atomic E-state index is 12.9. The van der Waals surface area contributed by atoms with Gasteiger partial charge in [0.05, 0.1) is 30.1 Å². The number of rotatable bonds is 5. The Morgan fingerprint density at radius 1 is 0.893 bits per heavy atom. The smallest absolute Gasteiger partial charge is 0.276 e. The number of carbonyl (C=O) groups is 1. The van der Waals surface area contributed by atoms with E-state index < -0.39 is 21.2 Å². The molecule has 0 saturated carbocycles. The van der Waals surface area contributed by atoms with E-state index >= 15 is 0 Å². The van der Waals surface area contributed by atoms with Crippen molar-refractivity contribution in [2.75, 3.05) is 14.2 Å². The summed E-state index contributed by atoms with van der Waals surface area (Å²) in [6.45, 7) is 0. The topological polar surface area (TPSA) is 122 Å². The van der Waals surface area contributed by atoms with Gasteiger partial charge in [-0.05, 0) is 42.2 Å². The number of non-ortho nitro benzene ring substituents is 2. The molecule has 9 nitrogen and oxygen atoms in total. The van der Waals surface area contributed by atoms with Gasteiger partial charge in [-0.25, -0.2) is 0 Å². The summed E-state index contributed by atoms with van der Waals surface area (Å²) in [6, 6.07) is 6.65. The van der Waals surface area contributed by atoms with E-state index in [9.17, 15) is 25.0 Å². The predicted octanol–water partition coefficient (Wildman–Crippen LogP) is 3.73. The number of nitro benzene ring substituents is 2. The minimum Gasteiger partial charge on any atom is -0.493 e. The van der Waals surface area contributed by atoms with E-state index in [4.69, 9.17) is 9.47 Å². The van der Waals surface area contributed by atoms with Crippen LogP contribution in [-0.4, -0.2) is 29.8 Å². The van der Waals surface area contributed by atoms with Crippen molar-refractivity contribution in [2.45, 2.75) is 12.8 Å². The maximum atomic E-state index is 12.9. The van der Waals surface area contributed by atoms with Crippen LogP contribution < -0.4 is 9.47 Å². The van der Waals surface area contributed by atoms with E-state index in [2.05, 4.69) is 0 Å². The van der Waals surface area contributed by atoms with Crippen molar-refractivity contribution in [2.24, 2.45) is 0 Å². The Bertz CT molecular complexity index is 995. The Labute approximate surface area is 159 Å². The van der Waals surface area contributed by atoms with Gasteiger partial charge >= 0.3 is 0 Å². The van der Waals surface area contributed by atoms with Crippen molar-refractivity contribution >= 4 is 23.2 Å². The van der Waals surface area contributed by atoms with Crippen LogP contribution in [0, 0.1) is 20.2 Å². The highest BCUT2D eigenvalue weighted by Crippen LogP contribution is 2.36. The third kappa shape index (κ3) is 3.54. The van der Waals surface area contributed by atoms with Crippen molar-refractivity contribution in [3.05, 3.63) is 72.8 Å². The van der Waals surface area contributed by atoms with E-state index in [1.54, 1.807) is 12.1 Å². The molecule has 28 heavy (non-hydrogen) atoms. The van der Waals surface area contributed by atoms with Crippen LogP contribution in [0.3, 0.4) is 0 Å². The summed E-state index contributed by atoms with van der Waals surface area (Å²) in [4.78, 5) is 33.6. The van der Waals surface area contributed by atoms with Crippen molar-refractivity contribution in [3.63, 3.8) is 0 Å². The lowest BCUT2D eigenvalue weighted by atomic mass is 9.85. The van der Waals surface area contributed by atoms with Gasteiger partial charge in [0.2, 0.25) is 0 Å². The molecule has 0 saturated heterocycles. The Morgan fingerprint density at radius 3 is 2.00 bits per heavy atom. The zero-order valence-electron chi connectivity index (χ0n) is 15.1. The highest BCUT2D eigenvalue weighted by Gasteiger charge is 2.25. The van der Waals surface area contributed by atoms with Gasteiger partial charge < -0.3 is 9.47 Å². The Hall–Kier alpha value is -3.75. The van der Waals surface area contributed by atoms with Crippen LogP contribution in [0.1, 0.15) is 27.9 Å². The first kappa shape index (κ1) is 19.0. The summed E-state index contributed by atoms with van der Waals surface area (Å²) in [5.74, 6) is 0.689. The molecule has 9 heteroatoms. The number of hydrogen-bond donors (Lipinski definition) is 0. The van der Waals surface area contributed by atoms with Crippen molar-refractivity contribution in [1.29, 1.82) is 0 Å². The molecule has 0 unspecified atom stereocenters. The molecule has 0 atom stereocenters. The van der Waals surface area contributed by atoms with Crippen LogP contribution in [0.2, 0.25) is 0 Å². The fraction of sp³-hybridized carbons (Fsp3) is 0.211. The first-order chi connectivity index (χ1) is 13.3. The normalized spacial score (nSPS) is 14.5. The molecule has 3 rings (SSSR count). The highest BCUT2D eigenvalue weighted by molar-refractivity contribution is 6.13. The minimum atomic E-state index is -0.704. The number of Topliss-reactive ketones (excluding diaryl/α,β-unsaturated/α-hetero) is 1. The van der Waals surface area contributed by atoms with Crippen LogP contribution in [-0.2, 0) is 6.42 Å². The number of hydrogen-bond acceptors (Lipinski definition) is 7. The van der Waals surface area contributed by atoms with Gasteiger partial charge in [-0.1, -0.05) is 0 Å². The molecule has 144 valence electrons. The molecule has 0 aromatic heterocycles. The lowest BCUT2D eigenvalue weighted by Gasteiger charge is -2.20. The predicted molar refractivity (Wildman–Crippen MR) is 99.9 cm³/mol. The molecule has 0 aliphatic heterocycles. The number of aryl methyl sites for hydroxylation is 1. The zero-order valence-corrected chi connectivity index (χ0v) is 15.1. The molecule has 0 spiro atoms. The molecule has 1 aliphatic carbocycles. The fourth-order valence-electron chi connectivity index (χ4n) is 3.15. The van der Waals surface area contributed by atoms with Crippen LogP contribution >= 0.6 is 0 Å². The molecule has 2 aromatic rings. The average Bonchev–Trinajstić information content (AvgIpc) is 2.68. The standard InChI is InChI=1S/C19H16N2O7/c1-27-17-8-12-3-4-13(19(22)16(12)10-18(17)28-2)5-11-6-14(20(23)24)9-15(7-11)21(25)26/h5-10H,3-4H2,1-2H3/b13-5+. The zero-order chi connectivity index (χ0) is 20.4. The monoisotopic (exact) mass is 384 g/mol. The van der Waals surface area contributed by atoms with Gasteiger partial charge in [-0.3, -0.25) is 25.0 Å². The largest absolute Gasteiger partial charge is 0.493 e. The third-order valence-electron chi connectivity index (χ3n) is 4.50. The number of benzene rings is 2. The van der Waals surface area contributed by atoms with Gasteiger partial charge in [0, 0.05) is 23.3 Å². The summed E-state index contributed by atoms with van der Waals surface area (Å²) in [5.41, 5.74) is 1.09. The lowest BCUT2D eigenvalue weighted by molar-refractivity contribution is -0.394. The highest BCUT2D eigenvalue weighted by atomic mass is 16.6. The second-order valence-electron chi connectivity index (χ2n) is 6.16. The Kier molecular flexibility index (Phi) is 5.08. The lowest BCUT2D eigenvalue weighted by Crippen LogP contribution is -2.14. The van der Waals surface area contributed by atoms with Crippen LogP contribution in [0.5, 0.6) is 11.5 Å². The van der Waals surface area contributed by atoms with Crippen LogP contribution in [0.15, 0.2) is 35.9 Å². The average molecular weight is 384 g/mol. The van der Waals surface area contributed by atoms with Gasteiger partial charge in [0.15, 0.2) is 17.3 Å². The number of methoxy groups -OCH3 is 2. The van der Waals surface area contributed by atoms with Gasteiger partial charge in [0.1, 0.15) is 0 Å². The second kappa shape index (κ2) is 7.47. The SMILES string of the molecule is COc1cc2c(cc1OC)C(=O)/C(=C/c1cc([N+](=O)[O-])cc([N+](=O)[O-])c1)CC2. The summed E-state index contributed by atoms with van der Waals surface area (Å²) >= 11 is 0. The summed E-state index contributed by atoms with van der Waals surface area (Å²) in [5, 5.41) is 22.1. The molecule has 0 heterocycles. The fourth-order valence-corrected chi connectivity index (χ4v) is 3.15. The number of nitro groups is 2. The van der Waals surface area contributed by atoms with Crippen LogP contribution in [0.4, 0.5) is 11.4 Å². The molecule has 0 fully saturated rings. The summed E-state index contributed by atoms with van der Waals surface area (Å²) in [7, 11) is 2.98. The van der Waals surface area contributed by atoms with Gasteiger partial charge in [0.25, 0.3) is 11.4 Å². The quantitative estimate of drug-likeness (QED) is 0.437. The molecule has 0 amide bonds. The molecular formula is C19H16N2O7. The third-order valence-corrected chi connectivity index (χ3v) is 4.50. The summed E-state index contributed by atoms with van der Waals surface area (Å²) in [6.07, 6.45) is 2.42. The van der Waals surface area contributed by atoms with Crippen LogP contribution in [0.25, 0.3) is 6.08 Å². The van der Waals surface area contributed by atoms with Crippen molar-refractivity contribution in [3.8, 4) is 11.5 Å². The number of fused-ring (bicyclic) bond motifs is 1. The van der Waals surface area contributed by atoms with Gasteiger partial charge in [-0.2, -0.15) is 0 Å². The Morgan fingerprint density at radius 2 is 1.46 bits per heavy atom. The van der Waals surface area contributed by atoms with E-state index in [-0.39, 0.29) is 11.3 Å². The van der Waals surface area contributed by atoms with E-state index in [1.807, 2.05) is 0 Å².